The Morgan fingerprint density at radius 1 is 0.911 bits per heavy atom. The summed E-state index contributed by atoms with van der Waals surface area (Å²) in [6.07, 6.45) is 5.32. The molecule has 1 aliphatic rings. The highest BCUT2D eigenvalue weighted by atomic mass is 35.5. The third kappa shape index (κ3) is 8.67. The van der Waals surface area contributed by atoms with E-state index < -0.39 is 24.5 Å². The minimum Gasteiger partial charge on any atom is -0.480 e. The SMILES string of the molecule is O=C(O)CN(CCCc1ccccc1)C(=O)c1cnc(N2CCC[C@H]2C(=O)Nc2ccc(Cl)cc2)nc1CCc1ccccc1. The minimum atomic E-state index is -1.09. The molecule has 0 spiro atoms. The molecule has 0 unspecified atom stereocenters. The van der Waals surface area contributed by atoms with Crippen molar-refractivity contribution in [1.29, 1.82) is 0 Å². The maximum Gasteiger partial charge on any atom is 0.323 e. The summed E-state index contributed by atoms with van der Waals surface area (Å²) in [6, 6.07) is 26.2. The summed E-state index contributed by atoms with van der Waals surface area (Å²) in [7, 11) is 0. The third-order valence-corrected chi connectivity index (χ3v) is 8.10. The Bertz CT molecular complexity index is 1600. The van der Waals surface area contributed by atoms with Crippen LogP contribution in [-0.4, -0.2) is 63.4 Å². The summed E-state index contributed by atoms with van der Waals surface area (Å²) in [5, 5.41) is 13.2. The second kappa shape index (κ2) is 15.3. The highest BCUT2D eigenvalue weighted by molar-refractivity contribution is 6.30. The number of hydrogen-bond donors (Lipinski definition) is 2. The van der Waals surface area contributed by atoms with Crippen LogP contribution >= 0.6 is 11.6 Å². The lowest BCUT2D eigenvalue weighted by Crippen LogP contribution is -2.41. The van der Waals surface area contributed by atoms with E-state index in [0.717, 1.165) is 24.0 Å². The molecule has 1 atom stereocenters. The number of aliphatic carboxylic acids is 1. The minimum absolute atomic E-state index is 0.171. The monoisotopic (exact) mass is 625 g/mol. The van der Waals surface area contributed by atoms with Gasteiger partial charge in [-0.2, -0.15) is 0 Å². The molecule has 4 aromatic rings. The van der Waals surface area contributed by atoms with Crippen LogP contribution in [0, 0.1) is 0 Å². The number of amides is 2. The summed E-state index contributed by atoms with van der Waals surface area (Å²) in [4.78, 5) is 51.6. The largest absolute Gasteiger partial charge is 0.480 e. The summed E-state index contributed by atoms with van der Waals surface area (Å²) < 4.78 is 0. The number of halogens is 1. The smallest absolute Gasteiger partial charge is 0.323 e. The zero-order valence-electron chi connectivity index (χ0n) is 24.9. The average Bonchev–Trinajstić information content (AvgIpc) is 3.55. The predicted octanol–water partition coefficient (Wildman–Crippen LogP) is 5.68. The fourth-order valence-electron chi connectivity index (χ4n) is 5.56. The summed E-state index contributed by atoms with van der Waals surface area (Å²) in [5.74, 6) is -1.30. The van der Waals surface area contributed by atoms with E-state index in [0.29, 0.717) is 54.6 Å². The molecule has 5 rings (SSSR count). The molecule has 0 saturated carbocycles. The first-order valence-corrected chi connectivity index (χ1v) is 15.5. The number of carbonyl (C=O) groups excluding carboxylic acids is 2. The maximum absolute atomic E-state index is 13.9. The highest BCUT2D eigenvalue weighted by Crippen LogP contribution is 2.26. The highest BCUT2D eigenvalue weighted by Gasteiger charge is 2.33. The molecule has 2 heterocycles. The zero-order valence-corrected chi connectivity index (χ0v) is 25.7. The Morgan fingerprint density at radius 3 is 2.24 bits per heavy atom. The Morgan fingerprint density at radius 2 is 1.58 bits per heavy atom. The topological polar surface area (TPSA) is 116 Å². The number of aryl methyl sites for hydroxylation is 3. The van der Waals surface area contributed by atoms with Crippen LogP contribution in [0.4, 0.5) is 11.6 Å². The lowest BCUT2D eigenvalue weighted by molar-refractivity contribution is -0.137. The predicted molar refractivity (Wildman–Crippen MR) is 175 cm³/mol. The molecule has 9 nitrogen and oxygen atoms in total. The van der Waals surface area contributed by atoms with Gasteiger partial charge in [0.05, 0.1) is 11.3 Å². The van der Waals surface area contributed by atoms with E-state index in [1.165, 1.54) is 11.1 Å². The molecule has 0 aliphatic carbocycles. The number of anilines is 2. The number of nitrogens with one attached hydrogen (secondary N) is 1. The lowest BCUT2D eigenvalue weighted by Gasteiger charge is -2.26. The maximum atomic E-state index is 13.9. The van der Waals surface area contributed by atoms with Crippen LogP contribution < -0.4 is 10.2 Å². The summed E-state index contributed by atoms with van der Waals surface area (Å²) >= 11 is 5.99. The molecule has 2 amide bonds. The molecule has 1 aromatic heterocycles. The van der Waals surface area contributed by atoms with Crippen molar-refractivity contribution in [2.75, 3.05) is 29.9 Å². The molecule has 10 heteroatoms. The van der Waals surface area contributed by atoms with Crippen molar-refractivity contribution in [3.05, 3.63) is 119 Å². The first kappa shape index (κ1) is 31.7. The first-order chi connectivity index (χ1) is 21.9. The Hall–Kier alpha value is -4.76. The third-order valence-electron chi connectivity index (χ3n) is 7.85. The van der Waals surface area contributed by atoms with Crippen molar-refractivity contribution in [2.45, 2.75) is 44.6 Å². The molecule has 1 aliphatic heterocycles. The number of rotatable bonds is 13. The van der Waals surface area contributed by atoms with Crippen LogP contribution in [0.15, 0.2) is 91.1 Å². The van der Waals surface area contributed by atoms with Crippen LogP contribution in [0.5, 0.6) is 0 Å². The number of carboxylic acids is 1. The number of nitrogens with zero attached hydrogens (tertiary/aromatic N) is 4. The van der Waals surface area contributed by atoms with Gasteiger partial charge in [0.1, 0.15) is 12.6 Å². The van der Waals surface area contributed by atoms with Crippen LogP contribution in [-0.2, 0) is 28.9 Å². The molecular formula is C35H36ClN5O4. The second-order valence-corrected chi connectivity index (χ2v) is 11.5. The quantitative estimate of drug-likeness (QED) is 0.196. The van der Waals surface area contributed by atoms with Gasteiger partial charge in [-0.15, -0.1) is 0 Å². The van der Waals surface area contributed by atoms with Gasteiger partial charge in [0.15, 0.2) is 0 Å². The Balaban J connectivity index is 1.38. The van der Waals surface area contributed by atoms with E-state index in [4.69, 9.17) is 16.6 Å². The van der Waals surface area contributed by atoms with Gasteiger partial charge in [-0.25, -0.2) is 9.97 Å². The van der Waals surface area contributed by atoms with Gasteiger partial charge in [0.25, 0.3) is 5.91 Å². The van der Waals surface area contributed by atoms with E-state index in [2.05, 4.69) is 10.3 Å². The van der Waals surface area contributed by atoms with Gasteiger partial charge in [0, 0.05) is 30.0 Å². The Labute approximate surface area is 267 Å². The summed E-state index contributed by atoms with van der Waals surface area (Å²) in [6.45, 7) is 0.445. The average molecular weight is 626 g/mol. The molecule has 3 aromatic carbocycles. The van der Waals surface area contributed by atoms with Gasteiger partial charge in [-0.3, -0.25) is 14.4 Å². The van der Waals surface area contributed by atoms with Gasteiger partial charge < -0.3 is 20.2 Å². The molecule has 0 bridgehead atoms. The van der Waals surface area contributed by atoms with Crippen LogP contribution in [0.1, 0.15) is 46.4 Å². The molecule has 45 heavy (non-hydrogen) atoms. The first-order valence-electron chi connectivity index (χ1n) is 15.2. The van der Waals surface area contributed by atoms with Gasteiger partial charge in [-0.1, -0.05) is 72.3 Å². The van der Waals surface area contributed by atoms with E-state index in [-0.39, 0.29) is 18.0 Å². The fourth-order valence-corrected chi connectivity index (χ4v) is 5.69. The van der Waals surface area contributed by atoms with Gasteiger partial charge >= 0.3 is 5.97 Å². The van der Waals surface area contributed by atoms with E-state index in [1.807, 2.05) is 65.6 Å². The van der Waals surface area contributed by atoms with Crippen LogP contribution in [0.2, 0.25) is 5.02 Å². The number of hydrogen-bond acceptors (Lipinski definition) is 6. The zero-order chi connectivity index (χ0) is 31.6. The number of benzene rings is 3. The van der Waals surface area contributed by atoms with Crippen molar-refractivity contribution < 1.29 is 19.5 Å². The molecular weight excluding hydrogens is 590 g/mol. The molecule has 1 fully saturated rings. The van der Waals surface area contributed by atoms with Crippen molar-refractivity contribution in [1.82, 2.24) is 14.9 Å². The van der Waals surface area contributed by atoms with Crippen LogP contribution in [0.25, 0.3) is 0 Å². The summed E-state index contributed by atoms with van der Waals surface area (Å²) in [5.41, 5.74) is 3.65. The fraction of sp³-hybridized carbons (Fsp3) is 0.286. The van der Waals surface area contributed by atoms with E-state index in [9.17, 15) is 19.5 Å². The van der Waals surface area contributed by atoms with Gasteiger partial charge in [-0.05, 0) is 73.9 Å². The van der Waals surface area contributed by atoms with Gasteiger partial charge in [0.2, 0.25) is 11.9 Å². The number of aromatic nitrogens is 2. The number of carboxylic acid groups (broad SMARTS) is 1. The normalized spacial score (nSPS) is 14.2. The van der Waals surface area contributed by atoms with E-state index in [1.54, 1.807) is 24.3 Å². The Kier molecular flexibility index (Phi) is 10.8. The number of carbonyl (C=O) groups is 3. The molecule has 232 valence electrons. The second-order valence-electron chi connectivity index (χ2n) is 11.1. The van der Waals surface area contributed by atoms with Crippen molar-refractivity contribution in [3.63, 3.8) is 0 Å². The van der Waals surface area contributed by atoms with Crippen molar-refractivity contribution in [3.8, 4) is 0 Å². The van der Waals surface area contributed by atoms with Crippen molar-refractivity contribution >= 4 is 41.0 Å². The standard InChI is InChI=1S/C35H36ClN5O4/c36-27-16-18-28(19-17-27)38-33(44)31-14-8-22-41(31)35-37-23-29(30(39-35)20-15-26-11-5-2-6-12-26)34(45)40(24-32(42)43)21-7-13-25-9-3-1-4-10-25/h1-6,9-12,16-19,23,31H,7-8,13-15,20-22,24H2,(H,38,44)(H,42,43)/t31-/m0/s1. The molecule has 2 N–H and O–H groups in total. The lowest BCUT2D eigenvalue weighted by atomic mass is 10.0. The van der Waals surface area contributed by atoms with Crippen molar-refractivity contribution in [2.24, 2.45) is 0 Å². The van der Waals surface area contributed by atoms with E-state index >= 15 is 0 Å². The van der Waals surface area contributed by atoms with Crippen LogP contribution in [0.3, 0.4) is 0 Å². The molecule has 1 saturated heterocycles. The molecule has 0 radical (unpaired) electrons.